The maximum Gasteiger partial charge on any atom is 0.306 e. The Morgan fingerprint density at radius 1 is 1.04 bits per heavy atom. The van der Waals surface area contributed by atoms with Crippen LogP contribution in [0.4, 0.5) is 0 Å². The van der Waals surface area contributed by atoms with E-state index in [4.69, 9.17) is 0 Å². The summed E-state index contributed by atoms with van der Waals surface area (Å²) < 4.78 is 0. The van der Waals surface area contributed by atoms with Gasteiger partial charge in [0.1, 0.15) is 5.75 Å². The van der Waals surface area contributed by atoms with Crippen LogP contribution in [0.2, 0.25) is 0 Å². The van der Waals surface area contributed by atoms with Crippen LogP contribution >= 0.6 is 0 Å². The lowest BCUT2D eigenvalue weighted by Gasteiger charge is -2.45. The molecule has 2 aliphatic rings. The van der Waals surface area contributed by atoms with Crippen molar-refractivity contribution in [1.82, 2.24) is 4.90 Å². The van der Waals surface area contributed by atoms with Gasteiger partial charge in [0.25, 0.3) is 0 Å². The third-order valence-electron chi connectivity index (χ3n) is 6.01. The topological polar surface area (TPSA) is 60.8 Å². The summed E-state index contributed by atoms with van der Waals surface area (Å²) in [7, 11) is 0. The number of likely N-dealkylation sites (tertiary alicyclic amines) is 1. The van der Waals surface area contributed by atoms with Crippen molar-refractivity contribution in [2.45, 2.75) is 32.2 Å². The summed E-state index contributed by atoms with van der Waals surface area (Å²) >= 11 is 0. The maximum absolute atomic E-state index is 11.2. The average molecular weight is 339 g/mol. The summed E-state index contributed by atoms with van der Waals surface area (Å²) in [6.45, 7) is 3.12. The first-order valence-electron chi connectivity index (χ1n) is 9.25. The molecule has 0 bridgehead atoms. The van der Waals surface area contributed by atoms with Crippen LogP contribution < -0.4 is 0 Å². The van der Waals surface area contributed by atoms with Gasteiger partial charge in [-0.2, -0.15) is 0 Å². The van der Waals surface area contributed by atoms with Crippen LogP contribution in [0, 0.1) is 17.8 Å². The Hall–Kier alpha value is -2.07. The molecule has 1 saturated heterocycles. The molecule has 0 aromatic heterocycles. The predicted octanol–water partition coefficient (Wildman–Crippen LogP) is 3.87. The molecule has 2 unspecified atom stereocenters. The van der Waals surface area contributed by atoms with Crippen molar-refractivity contribution in [1.29, 1.82) is 0 Å². The molecule has 132 valence electrons. The number of carboxylic acids is 1. The van der Waals surface area contributed by atoms with Gasteiger partial charge in [-0.05, 0) is 59.2 Å². The Morgan fingerprint density at radius 3 is 2.60 bits per heavy atom. The molecule has 2 atom stereocenters. The first-order valence-corrected chi connectivity index (χ1v) is 9.25. The minimum atomic E-state index is -0.608. The normalized spacial score (nSPS) is 25.0. The van der Waals surface area contributed by atoms with Crippen molar-refractivity contribution in [3.8, 4) is 5.75 Å². The highest BCUT2D eigenvalue weighted by atomic mass is 16.4. The fourth-order valence-corrected chi connectivity index (χ4v) is 4.56. The van der Waals surface area contributed by atoms with Crippen LogP contribution in [0.3, 0.4) is 0 Å². The van der Waals surface area contributed by atoms with Crippen molar-refractivity contribution in [3.63, 3.8) is 0 Å². The second-order valence-electron chi connectivity index (χ2n) is 7.78. The molecule has 1 aliphatic carbocycles. The number of phenols is 1. The molecule has 4 rings (SSSR count). The fourth-order valence-electron chi connectivity index (χ4n) is 4.56. The van der Waals surface area contributed by atoms with E-state index in [0.717, 1.165) is 49.7 Å². The zero-order valence-electron chi connectivity index (χ0n) is 14.4. The highest BCUT2D eigenvalue weighted by Crippen LogP contribution is 2.38. The highest BCUT2D eigenvalue weighted by molar-refractivity contribution is 5.84. The van der Waals surface area contributed by atoms with Gasteiger partial charge in [-0.3, -0.25) is 9.69 Å². The van der Waals surface area contributed by atoms with Crippen LogP contribution in [0.1, 0.15) is 31.2 Å². The van der Waals surface area contributed by atoms with Crippen molar-refractivity contribution in [2.75, 3.05) is 13.1 Å². The van der Waals surface area contributed by atoms with Gasteiger partial charge < -0.3 is 10.2 Å². The highest BCUT2D eigenvalue weighted by Gasteiger charge is 2.37. The predicted molar refractivity (Wildman–Crippen MR) is 97.5 cm³/mol. The Morgan fingerprint density at radius 2 is 1.80 bits per heavy atom. The monoisotopic (exact) mass is 339 g/mol. The standard InChI is InChI=1S/C21H25NO3/c23-20-7-6-16-8-14(4-5-17(16)10-20)11-22-12-19(13-22)15-2-1-3-18(9-15)21(24)25/h4-8,10,15,18-19,23H,1-3,9,11-13H2,(H,24,25). The van der Waals surface area contributed by atoms with Crippen molar-refractivity contribution in [3.05, 3.63) is 42.0 Å². The Kier molecular flexibility index (Phi) is 4.38. The molecule has 0 spiro atoms. The third-order valence-corrected chi connectivity index (χ3v) is 6.01. The lowest BCUT2D eigenvalue weighted by atomic mass is 9.72. The van der Waals surface area contributed by atoms with Crippen LogP contribution in [0.5, 0.6) is 5.75 Å². The van der Waals surface area contributed by atoms with Gasteiger partial charge in [-0.25, -0.2) is 0 Å². The molecule has 25 heavy (non-hydrogen) atoms. The van der Waals surface area contributed by atoms with Gasteiger partial charge in [0, 0.05) is 19.6 Å². The number of fused-ring (bicyclic) bond motifs is 1. The first-order chi connectivity index (χ1) is 12.1. The van der Waals surface area contributed by atoms with E-state index < -0.39 is 5.97 Å². The molecule has 2 aromatic carbocycles. The Bertz CT molecular complexity index is 782. The van der Waals surface area contributed by atoms with Crippen LogP contribution in [-0.2, 0) is 11.3 Å². The van der Waals surface area contributed by atoms with E-state index in [2.05, 4.69) is 23.1 Å². The number of rotatable bonds is 4. The number of aliphatic carboxylic acids is 1. The molecule has 2 fully saturated rings. The third kappa shape index (κ3) is 3.49. The molecule has 0 amide bonds. The van der Waals surface area contributed by atoms with Gasteiger partial charge in [-0.1, -0.05) is 31.0 Å². The number of hydrogen-bond acceptors (Lipinski definition) is 3. The van der Waals surface area contributed by atoms with Crippen LogP contribution in [-0.4, -0.2) is 34.2 Å². The lowest BCUT2D eigenvalue weighted by Crippen LogP contribution is -2.50. The fraction of sp³-hybridized carbons (Fsp3) is 0.476. The minimum absolute atomic E-state index is 0.121. The largest absolute Gasteiger partial charge is 0.508 e. The molecule has 0 radical (unpaired) electrons. The zero-order chi connectivity index (χ0) is 17.4. The maximum atomic E-state index is 11.2. The molecule has 2 aromatic rings. The molecule has 1 aliphatic heterocycles. The van der Waals surface area contributed by atoms with Gasteiger partial charge in [-0.15, -0.1) is 0 Å². The quantitative estimate of drug-likeness (QED) is 0.888. The number of benzene rings is 2. The smallest absolute Gasteiger partial charge is 0.306 e. The summed E-state index contributed by atoms with van der Waals surface area (Å²) in [4.78, 5) is 13.7. The summed E-state index contributed by atoms with van der Waals surface area (Å²) in [5, 5.41) is 21.0. The zero-order valence-corrected chi connectivity index (χ0v) is 14.4. The van der Waals surface area contributed by atoms with E-state index in [1.54, 1.807) is 12.1 Å². The van der Waals surface area contributed by atoms with Gasteiger partial charge in [0.15, 0.2) is 0 Å². The summed E-state index contributed by atoms with van der Waals surface area (Å²) in [5.74, 6) is 0.830. The number of phenolic OH excluding ortho intramolecular Hbond substituents is 1. The molecule has 4 heteroatoms. The van der Waals surface area contributed by atoms with Crippen molar-refractivity contribution >= 4 is 16.7 Å². The number of nitrogens with zero attached hydrogens (tertiary/aromatic N) is 1. The van der Waals surface area contributed by atoms with E-state index in [1.807, 2.05) is 6.07 Å². The van der Waals surface area contributed by atoms with E-state index in [9.17, 15) is 15.0 Å². The number of carboxylic acid groups (broad SMARTS) is 1. The summed E-state index contributed by atoms with van der Waals surface area (Å²) in [5.41, 5.74) is 1.30. The van der Waals surface area contributed by atoms with E-state index in [1.165, 1.54) is 12.0 Å². The lowest BCUT2D eigenvalue weighted by molar-refractivity contribution is -0.144. The van der Waals surface area contributed by atoms with Crippen LogP contribution in [0.25, 0.3) is 10.8 Å². The second kappa shape index (κ2) is 6.68. The van der Waals surface area contributed by atoms with Gasteiger partial charge >= 0.3 is 5.97 Å². The number of hydrogen-bond donors (Lipinski definition) is 2. The SMILES string of the molecule is O=C(O)C1CCCC(C2CN(Cc3ccc4cc(O)ccc4c3)C2)C1. The Labute approximate surface area is 148 Å². The Balaban J connectivity index is 1.34. The molecule has 1 heterocycles. The number of aromatic hydroxyl groups is 1. The summed E-state index contributed by atoms with van der Waals surface area (Å²) in [6.07, 6.45) is 3.99. The van der Waals surface area contributed by atoms with E-state index in [-0.39, 0.29) is 5.92 Å². The molecule has 2 N–H and O–H groups in total. The molecular formula is C21H25NO3. The van der Waals surface area contributed by atoms with E-state index >= 15 is 0 Å². The van der Waals surface area contributed by atoms with E-state index in [0.29, 0.717) is 17.6 Å². The van der Waals surface area contributed by atoms with Crippen molar-refractivity contribution in [2.24, 2.45) is 17.8 Å². The van der Waals surface area contributed by atoms with Crippen LogP contribution in [0.15, 0.2) is 36.4 Å². The second-order valence-corrected chi connectivity index (χ2v) is 7.78. The van der Waals surface area contributed by atoms with Gasteiger partial charge in [0.2, 0.25) is 0 Å². The van der Waals surface area contributed by atoms with Crippen molar-refractivity contribution < 1.29 is 15.0 Å². The first kappa shape index (κ1) is 16.4. The molecule has 4 nitrogen and oxygen atoms in total. The minimum Gasteiger partial charge on any atom is -0.508 e. The molecular weight excluding hydrogens is 314 g/mol. The van der Waals surface area contributed by atoms with Gasteiger partial charge in [0.05, 0.1) is 5.92 Å². The molecule has 1 saturated carbocycles. The summed E-state index contributed by atoms with van der Waals surface area (Å²) in [6, 6.07) is 11.9. The number of carbonyl (C=O) groups is 1. The average Bonchev–Trinajstić information content (AvgIpc) is 2.58.